The van der Waals surface area contributed by atoms with E-state index in [1.165, 1.54) is 0 Å². The summed E-state index contributed by atoms with van der Waals surface area (Å²) in [5.74, 6) is 0. The molecule has 0 rings (SSSR count). The molecule has 0 aromatic heterocycles. The van der Waals surface area contributed by atoms with Crippen molar-refractivity contribution in [3.8, 4) is 0 Å². The molecule has 11 heavy (non-hydrogen) atoms. The topological polar surface area (TPSA) is 12.0 Å². The minimum atomic E-state index is 0.343. The van der Waals surface area contributed by atoms with Crippen LogP contribution >= 0.6 is 21.2 Å². The highest BCUT2D eigenvalue weighted by atomic mass is 32.1. The molecule has 0 radical (unpaired) electrons. The van der Waals surface area contributed by atoms with Crippen LogP contribution in [-0.4, -0.2) is 16.7 Å². The van der Waals surface area contributed by atoms with Gasteiger partial charge in [0.25, 0.3) is 0 Å². The van der Waals surface area contributed by atoms with Gasteiger partial charge in [0.15, 0.2) is 0 Å². The molecule has 0 spiro atoms. The third-order valence-corrected chi connectivity index (χ3v) is 3.05. The summed E-state index contributed by atoms with van der Waals surface area (Å²) in [5, 5.41) is 3.47. The van der Waals surface area contributed by atoms with Crippen molar-refractivity contribution in [2.24, 2.45) is 0 Å². The maximum absolute atomic E-state index is 4.37. The minimum absolute atomic E-state index is 0.343. The van der Waals surface area contributed by atoms with E-state index in [0.29, 0.717) is 10.1 Å². The van der Waals surface area contributed by atoms with E-state index in [0.717, 1.165) is 15.1 Å². The molecule has 0 fully saturated rings. The van der Waals surface area contributed by atoms with Gasteiger partial charge in [0.05, 0.1) is 0 Å². The van der Waals surface area contributed by atoms with Gasteiger partial charge < -0.3 is 5.32 Å². The molecule has 0 heterocycles. The van der Waals surface area contributed by atoms with Crippen LogP contribution in [0.5, 0.6) is 0 Å². The molecule has 0 aromatic rings. The van der Waals surface area contributed by atoms with E-state index in [1.54, 1.807) is 6.20 Å². The zero-order chi connectivity index (χ0) is 8.91. The van der Waals surface area contributed by atoms with Gasteiger partial charge in [0, 0.05) is 16.7 Å². The summed E-state index contributed by atoms with van der Waals surface area (Å²) in [4.78, 5) is 0.497. The number of thiol groups is 1. The van der Waals surface area contributed by atoms with E-state index in [9.17, 15) is 0 Å². The van der Waals surface area contributed by atoms with Crippen molar-refractivity contribution in [2.45, 2.75) is 30.9 Å². The second-order valence-electron chi connectivity index (χ2n) is 3.29. The Bertz CT molecular complexity index is 123. The Balaban J connectivity index is 3.69. The number of hydrogen-bond acceptors (Lipinski definition) is 2. The van der Waals surface area contributed by atoms with E-state index >= 15 is 0 Å². The fraction of sp³-hybridized carbons (Fsp3) is 0.750. The van der Waals surface area contributed by atoms with Gasteiger partial charge in [-0.15, -0.1) is 8.58 Å². The molecule has 1 nitrogen and oxygen atoms in total. The van der Waals surface area contributed by atoms with E-state index in [1.807, 2.05) is 0 Å². The Morgan fingerprint density at radius 2 is 2.27 bits per heavy atom. The summed E-state index contributed by atoms with van der Waals surface area (Å²) in [6.07, 6.45) is 1.75. The highest BCUT2D eigenvalue weighted by Crippen LogP contribution is 2.36. The molecule has 0 aromatic carbocycles. The fourth-order valence-corrected chi connectivity index (χ4v) is 3.33. The van der Waals surface area contributed by atoms with Crippen LogP contribution in [0.4, 0.5) is 0 Å². The van der Waals surface area contributed by atoms with Crippen LogP contribution in [0.1, 0.15) is 20.8 Å². The summed E-state index contributed by atoms with van der Waals surface area (Å²) >= 11 is 4.37. The van der Waals surface area contributed by atoms with Crippen molar-refractivity contribution >= 4 is 21.2 Å². The maximum Gasteiger partial charge on any atom is 0.0229 e. The van der Waals surface area contributed by atoms with E-state index < -0.39 is 0 Å². The molecule has 0 aliphatic carbocycles. The Labute approximate surface area is 77.2 Å². The maximum atomic E-state index is 4.37. The molecular formula is C8H18NPS. The highest BCUT2D eigenvalue weighted by molar-refractivity contribution is 7.87. The van der Waals surface area contributed by atoms with Gasteiger partial charge in [0.1, 0.15) is 0 Å². The van der Waals surface area contributed by atoms with Crippen molar-refractivity contribution in [3.63, 3.8) is 0 Å². The lowest BCUT2D eigenvalue weighted by Gasteiger charge is -2.26. The molecular weight excluding hydrogens is 173 g/mol. The van der Waals surface area contributed by atoms with Crippen LogP contribution in [0, 0.1) is 0 Å². The first kappa shape index (κ1) is 11.3. The Morgan fingerprint density at radius 1 is 1.73 bits per heavy atom. The molecule has 0 aliphatic rings. The van der Waals surface area contributed by atoms with Crippen molar-refractivity contribution in [1.29, 1.82) is 0 Å². The first-order valence-electron chi connectivity index (χ1n) is 3.78. The minimum Gasteiger partial charge on any atom is -0.390 e. The van der Waals surface area contributed by atoms with Crippen molar-refractivity contribution in [2.75, 3.05) is 6.54 Å². The second kappa shape index (κ2) is 5.05. The molecule has 0 bridgehead atoms. The van der Waals surface area contributed by atoms with Crippen molar-refractivity contribution in [3.05, 3.63) is 12.8 Å². The quantitative estimate of drug-likeness (QED) is 0.502. The molecule has 2 atom stereocenters. The summed E-state index contributed by atoms with van der Waals surface area (Å²) in [7, 11) is 0.879. The smallest absolute Gasteiger partial charge is 0.0229 e. The predicted octanol–water partition coefficient (Wildman–Crippen LogP) is 2.45. The number of nitrogens with one attached hydrogen (secondary N) is 1. The molecule has 0 aliphatic heterocycles. The monoisotopic (exact) mass is 191 g/mol. The van der Waals surface area contributed by atoms with Crippen LogP contribution in [0.3, 0.4) is 0 Å². The fourth-order valence-electron chi connectivity index (χ4n) is 0.944. The second-order valence-corrected chi connectivity index (χ2v) is 7.06. The van der Waals surface area contributed by atoms with Crippen LogP contribution in [-0.2, 0) is 0 Å². The van der Waals surface area contributed by atoms with Gasteiger partial charge in [-0.05, 0) is 13.1 Å². The van der Waals surface area contributed by atoms with Crippen LogP contribution < -0.4 is 5.32 Å². The number of hydrogen-bond donors (Lipinski definition) is 2. The Morgan fingerprint density at radius 3 is 2.64 bits per heavy atom. The molecule has 0 saturated carbocycles. The van der Waals surface area contributed by atoms with Crippen LogP contribution in [0.15, 0.2) is 12.8 Å². The lowest BCUT2D eigenvalue weighted by molar-refractivity contribution is 0.655. The zero-order valence-corrected chi connectivity index (χ0v) is 9.41. The normalized spacial score (nSPS) is 15.3. The Hall–Kier alpha value is 0.320. The standard InChI is InChI=1S/C8H18NPS/c1-5-9-6-8(3,4)10-7(2)11/h5,7,9-11H,1,6H2,2-4H3. The van der Waals surface area contributed by atoms with Gasteiger partial charge in [-0.2, -0.15) is 12.6 Å². The first-order valence-corrected chi connectivity index (χ1v) is 5.37. The molecule has 0 saturated heterocycles. The molecule has 66 valence electrons. The predicted molar refractivity (Wildman–Crippen MR) is 59.0 cm³/mol. The molecule has 1 N–H and O–H groups in total. The van der Waals surface area contributed by atoms with Gasteiger partial charge >= 0.3 is 0 Å². The van der Waals surface area contributed by atoms with E-state index in [4.69, 9.17) is 0 Å². The first-order chi connectivity index (χ1) is 4.98. The number of rotatable bonds is 5. The lowest BCUT2D eigenvalue weighted by atomic mass is 10.2. The SMILES string of the molecule is C=CNCC(C)(C)PC(C)S. The summed E-state index contributed by atoms with van der Waals surface area (Å²) in [6.45, 7) is 11.2. The summed E-state index contributed by atoms with van der Waals surface area (Å²) in [5.41, 5.74) is 0. The van der Waals surface area contributed by atoms with Gasteiger partial charge in [-0.1, -0.05) is 20.4 Å². The van der Waals surface area contributed by atoms with E-state index in [-0.39, 0.29) is 0 Å². The van der Waals surface area contributed by atoms with Crippen molar-refractivity contribution < 1.29 is 0 Å². The Kier molecular flexibility index (Phi) is 5.20. The third kappa shape index (κ3) is 6.71. The average Bonchev–Trinajstić information content (AvgIpc) is 1.81. The molecule has 2 unspecified atom stereocenters. The zero-order valence-electron chi connectivity index (χ0n) is 7.52. The summed E-state index contributed by atoms with van der Waals surface area (Å²) < 4.78 is 0. The third-order valence-electron chi connectivity index (χ3n) is 1.29. The largest absolute Gasteiger partial charge is 0.390 e. The lowest BCUT2D eigenvalue weighted by Crippen LogP contribution is -2.28. The molecule has 3 heteroatoms. The van der Waals surface area contributed by atoms with Crippen LogP contribution in [0.2, 0.25) is 0 Å². The molecule has 0 amide bonds. The highest BCUT2D eigenvalue weighted by Gasteiger charge is 2.18. The van der Waals surface area contributed by atoms with E-state index in [2.05, 4.69) is 45.3 Å². The van der Waals surface area contributed by atoms with Crippen LogP contribution in [0.25, 0.3) is 0 Å². The van der Waals surface area contributed by atoms with Gasteiger partial charge in [-0.25, -0.2) is 0 Å². The summed E-state index contributed by atoms with van der Waals surface area (Å²) in [6, 6.07) is 0. The van der Waals surface area contributed by atoms with Gasteiger partial charge in [-0.3, -0.25) is 0 Å². The van der Waals surface area contributed by atoms with Crippen molar-refractivity contribution in [1.82, 2.24) is 5.32 Å². The van der Waals surface area contributed by atoms with Gasteiger partial charge in [0.2, 0.25) is 0 Å². The average molecular weight is 191 g/mol.